The fraction of sp³-hybridized carbons (Fsp3) is 0.0769. The molecule has 0 saturated carbocycles. The van der Waals surface area contributed by atoms with Crippen molar-refractivity contribution in [1.29, 1.82) is 0 Å². The van der Waals surface area contributed by atoms with Crippen molar-refractivity contribution in [3.8, 4) is 0 Å². The van der Waals surface area contributed by atoms with Crippen LogP contribution < -0.4 is 5.73 Å². The predicted octanol–water partition coefficient (Wildman–Crippen LogP) is 3.26. The third-order valence-electron chi connectivity index (χ3n) is 2.54. The molecule has 0 atom stereocenters. The van der Waals surface area contributed by atoms with Gasteiger partial charge in [-0.3, -0.25) is 0 Å². The SMILES string of the molecule is Cc1cccnc1Sc1nc2cc(N)ccc2o1. The van der Waals surface area contributed by atoms with Gasteiger partial charge in [0.25, 0.3) is 5.22 Å². The molecule has 18 heavy (non-hydrogen) atoms. The Hall–Kier alpha value is -2.01. The lowest BCUT2D eigenvalue weighted by atomic mass is 10.3. The van der Waals surface area contributed by atoms with Gasteiger partial charge < -0.3 is 10.2 Å². The highest BCUT2D eigenvalue weighted by Crippen LogP contribution is 2.30. The van der Waals surface area contributed by atoms with E-state index in [2.05, 4.69) is 9.97 Å². The number of oxazole rings is 1. The van der Waals surface area contributed by atoms with Crippen LogP contribution in [0.15, 0.2) is 51.2 Å². The minimum absolute atomic E-state index is 0.581. The molecule has 0 spiro atoms. The maximum Gasteiger partial charge on any atom is 0.263 e. The summed E-state index contributed by atoms with van der Waals surface area (Å²) in [4.78, 5) is 8.69. The Morgan fingerprint density at radius 1 is 1.28 bits per heavy atom. The molecule has 0 fully saturated rings. The van der Waals surface area contributed by atoms with Crippen molar-refractivity contribution in [2.45, 2.75) is 17.2 Å². The second kappa shape index (κ2) is 4.34. The standard InChI is InChI=1S/C13H11N3OS/c1-8-3-2-6-15-12(8)18-13-16-10-7-9(14)4-5-11(10)17-13/h2-7H,14H2,1H3. The first-order valence-corrected chi connectivity index (χ1v) is 6.29. The van der Waals surface area contributed by atoms with E-state index in [4.69, 9.17) is 10.2 Å². The molecule has 5 heteroatoms. The molecule has 2 N–H and O–H groups in total. The summed E-state index contributed by atoms with van der Waals surface area (Å²) in [6.07, 6.45) is 1.76. The Kier molecular flexibility index (Phi) is 2.68. The lowest BCUT2D eigenvalue weighted by Gasteiger charge is -1.98. The number of aromatic nitrogens is 2. The summed E-state index contributed by atoms with van der Waals surface area (Å²) in [5.41, 5.74) is 9.00. The van der Waals surface area contributed by atoms with Crippen molar-refractivity contribution >= 4 is 28.5 Å². The van der Waals surface area contributed by atoms with Crippen molar-refractivity contribution in [2.24, 2.45) is 0 Å². The predicted molar refractivity (Wildman–Crippen MR) is 71.5 cm³/mol. The third kappa shape index (κ3) is 2.04. The van der Waals surface area contributed by atoms with Crippen LogP contribution in [0.1, 0.15) is 5.56 Å². The molecule has 1 aromatic carbocycles. The molecule has 0 saturated heterocycles. The van der Waals surface area contributed by atoms with Gasteiger partial charge in [0.2, 0.25) is 0 Å². The fourth-order valence-electron chi connectivity index (χ4n) is 1.63. The molecule has 0 radical (unpaired) electrons. The normalized spacial score (nSPS) is 10.9. The van der Waals surface area contributed by atoms with Gasteiger partial charge in [0.05, 0.1) is 0 Å². The Balaban J connectivity index is 1.98. The molecule has 3 aromatic rings. The van der Waals surface area contributed by atoms with E-state index in [-0.39, 0.29) is 0 Å². The number of nitrogen functional groups attached to an aromatic ring is 1. The van der Waals surface area contributed by atoms with E-state index in [1.165, 1.54) is 11.8 Å². The van der Waals surface area contributed by atoms with Crippen molar-refractivity contribution < 1.29 is 4.42 Å². The number of hydrogen-bond donors (Lipinski definition) is 1. The number of rotatable bonds is 2. The number of aryl methyl sites for hydroxylation is 1. The van der Waals surface area contributed by atoms with E-state index in [9.17, 15) is 0 Å². The molecule has 4 nitrogen and oxygen atoms in total. The Bertz CT molecular complexity index is 708. The van der Waals surface area contributed by atoms with Crippen LogP contribution in [0.4, 0.5) is 5.69 Å². The van der Waals surface area contributed by atoms with Crippen LogP contribution >= 0.6 is 11.8 Å². The van der Waals surface area contributed by atoms with E-state index < -0.39 is 0 Å². The van der Waals surface area contributed by atoms with Gasteiger partial charge in [0.1, 0.15) is 10.5 Å². The first-order chi connectivity index (χ1) is 8.72. The number of anilines is 1. The van der Waals surface area contributed by atoms with Gasteiger partial charge in [-0.25, -0.2) is 9.97 Å². The van der Waals surface area contributed by atoms with Crippen molar-refractivity contribution in [2.75, 3.05) is 5.73 Å². The molecular formula is C13H11N3OS. The minimum Gasteiger partial charge on any atom is -0.431 e. The molecule has 2 aromatic heterocycles. The second-order valence-electron chi connectivity index (χ2n) is 3.93. The van der Waals surface area contributed by atoms with Gasteiger partial charge >= 0.3 is 0 Å². The van der Waals surface area contributed by atoms with E-state index in [1.54, 1.807) is 18.3 Å². The average molecular weight is 257 g/mol. The summed E-state index contributed by atoms with van der Waals surface area (Å²) in [6.45, 7) is 2.01. The minimum atomic E-state index is 0.581. The summed E-state index contributed by atoms with van der Waals surface area (Å²) >= 11 is 1.42. The number of hydrogen-bond acceptors (Lipinski definition) is 5. The molecule has 90 valence electrons. The lowest BCUT2D eigenvalue weighted by Crippen LogP contribution is -1.83. The van der Waals surface area contributed by atoms with Crippen molar-refractivity contribution in [1.82, 2.24) is 9.97 Å². The van der Waals surface area contributed by atoms with Crippen LogP contribution in [0.2, 0.25) is 0 Å². The van der Waals surface area contributed by atoms with Gasteiger partial charge in [-0.05, 0) is 48.5 Å². The zero-order chi connectivity index (χ0) is 12.5. The zero-order valence-corrected chi connectivity index (χ0v) is 10.6. The van der Waals surface area contributed by atoms with E-state index in [0.29, 0.717) is 10.9 Å². The lowest BCUT2D eigenvalue weighted by molar-refractivity contribution is 0.489. The zero-order valence-electron chi connectivity index (χ0n) is 9.75. The van der Waals surface area contributed by atoms with Gasteiger partial charge in [-0.2, -0.15) is 0 Å². The molecule has 0 aliphatic carbocycles. The maximum absolute atomic E-state index is 5.71. The van der Waals surface area contributed by atoms with Crippen molar-refractivity contribution in [3.63, 3.8) is 0 Å². The smallest absolute Gasteiger partial charge is 0.263 e. The Morgan fingerprint density at radius 2 is 2.17 bits per heavy atom. The highest BCUT2D eigenvalue weighted by Gasteiger charge is 2.09. The highest BCUT2D eigenvalue weighted by molar-refractivity contribution is 7.99. The average Bonchev–Trinajstić information content (AvgIpc) is 2.73. The summed E-state index contributed by atoms with van der Waals surface area (Å²) < 4.78 is 5.64. The number of nitrogens with two attached hydrogens (primary N) is 1. The van der Waals surface area contributed by atoms with Crippen LogP contribution in [0, 0.1) is 6.92 Å². The summed E-state index contributed by atoms with van der Waals surface area (Å²) in [5.74, 6) is 0. The first kappa shape index (κ1) is 11.1. The van der Waals surface area contributed by atoms with Crippen LogP contribution in [-0.2, 0) is 0 Å². The molecule has 3 rings (SSSR count). The summed E-state index contributed by atoms with van der Waals surface area (Å²) in [5, 5.41) is 1.48. The van der Waals surface area contributed by atoms with Crippen LogP contribution in [0.3, 0.4) is 0 Å². The largest absolute Gasteiger partial charge is 0.431 e. The maximum atomic E-state index is 5.71. The second-order valence-corrected chi connectivity index (χ2v) is 4.87. The van der Waals surface area contributed by atoms with E-state index >= 15 is 0 Å². The van der Waals surface area contributed by atoms with Gasteiger partial charge in [0.15, 0.2) is 5.58 Å². The molecule has 0 bridgehead atoms. The van der Waals surface area contributed by atoms with Crippen LogP contribution in [-0.4, -0.2) is 9.97 Å². The number of nitrogens with zero attached hydrogens (tertiary/aromatic N) is 2. The Morgan fingerprint density at radius 3 is 3.00 bits per heavy atom. The molecule has 0 aliphatic heterocycles. The van der Waals surface area contributed by atoms with Crippen molar-refractivity contribution in [3.05, 3.63) is 42.1 Å². The fourth-order valence-corrected chi connectivity index (χ4v) is 2.41. The molecule has 2 heterocycles. The summed E-state index contributed by atoms with van der Waals surface area (Å²) in [7, 11) is 0. The van der Waals surface area contributed by atoms with Gasteiger partial charge in [-0.15, -0.1) is 0 Å². The third-order valence-corrected chi connectivity index (χ3v) is 3.51. The molecule has 0 aliphatic rings. The molecular weight excluding hydrogens is 246 g/mol. The van der Waals surface area contributed by atoms with E-state index in [0.717, 1.165) is 21.7 Å². The van der Waals surface area contributed by atoms with Crippen LogP contribution in [0.5, 0.6) is 0 Å². The monoisotopic (exact) mass is 257 g/mol. The first-order valence-electron chi connectivity index (χ1n) is 5.48. The quantitative estimate of drug-likeness (QED) is 0.714. The Labute approximate surface area is 108 Å². The van der Waals surface area contributed by atoms with Gasteiger partial charge in [0, 0.05) is 11.9 Å². The number of benzene rings is 1. The van der Waals surface area contributed by atoms with Gasteiger partial charge in [-0.1, -0.05) is 6.07 Å². The topological polar surface area (TPSA) is 64.9 Å². The molecule has 0 amide bonds. The van der Waals surface area contributed by atoms with Crippen LogP contribution in [0.25, 0.3) is 11.1 Å². The summed E-state index contributed by atoms with van der Waals surface area (Å²) in [6, 6.07) is 9.34. The highest BCUT2D eigenvalue weighted by atomic mass is 32.2. The molecule has 0 unspecified atom stereocenters. The van der Waals surface area contributed by atoms with E-state index in [1.807, 2.05) is 25.1 Å². The number of fused-ring (bicyclic) bond motifs is 1. The number of pyridine rings is 1.